The Labute approximate surface area is 80.6 Å². The Hall–Kier alpha value is -0.440. The second-order valence-corrected chi connectivity index (χ2v) is 3.42. The van der Waals surface area contributed by atoms with Crippen LogP contribution in [0.2, 0.25) is 0 Å². The molecule has 0 amide bonds. The third kappa shape index (κ3) is 1.99. The highest BCUT2D eigenvalue weighted by Gasteiger charge is 2.00. The normalized spacial score (nSPS) is 8.91. The number of aliphatic imine (C=N–C) groups is 1. The first-order chi connectivity index (χ1) is 5.25. The zero-order chi connectivity index (χ0) is 8.27. The molecule has 0 heterocycles. The van der Waals surface area contributed by atoms with Gasteiger partial charge in [-0.15, -0.1) is 0 Å². The summed E-state index contributed by atoms with van der Waals surface area (Å²) in [5, 5.41) is 0. The topological polar surface area (TPSA) is 29.4 Å². The zero-order valence-corrected chi connectivity index (χ0v) is 8.52. The zero-order valence-electron chi connectivity index (χ0n) is 5.34. The van der Waals surface area contributed by atoms with Gasteiger partial charge in [-0.2, -0.15) is 4.99 Å². The molecule has 0 radical (unpaired) electrons. The van der Waals surface area contributed by atoms with E-state index >= 15 is 0 Å². The largest absolute Gasteiger partial charge is 0.240 e. The molecule has 0 spiro atoms. The van der Waals surface area contributed by atoms with Crippen LogP contribution in [0.4, 0.5) is 5.69 Å². The summed E-state index contributed by atoms with van der Waals surface area (Å²) in [6.45, 7) is 0. The van der Waals surface area contributed by atoms with Crippen LogP contribution in [0.1, 0.15) is 0 Å². The maximum atomic E-state index is 9.91. The monoisotopic (exact) mass is 275 g/mol. The fourth-order valence-corrected chi connectivity index (χ4v) is 1.34. The first-order valence-electron chi connectivity index (χ1n) is 2.77. The Balaban J connectivity index is 3.26. The van der Waals surface area contributed by atoms with Gasteiger partial charge in [0.05, 0.1) is 10.2 Å². The number of halogens is 2. The Morgan fingerprint density at radius 2 is 2.09 bits per heavy atom. The molecule has 0 saturated carbocycles. The maximum Gasteiger partial charge on any atom is 0.240 e. The van der Waals surface area contributed by atoms with Gasteiger partial charge in [0.25, 0.3) is 0 Å². The first-order valence-corrected chi connectivity index (χ1v) is 4.36. The maximum absolute atomic E-state index is 9.91. The molecule has 4 heteroatoms. The molecule has 0 bridgehead atoms. The van der Waals surface area contributed by atoms with E-state index < -0.39 is 0 Å². The lowest BCUT2D eigenvalue weighted by atomic mass is 10.3. The van der Waals surface area contributed by atoms with Crippen molar-refractivity contribution in [3.05, 3.63) is 27.1 Å². The van der Waals surface area contributed by atoms with Crippen LogP contribution in [0.25, 0.3) is 0 Å². The number of hydrogen-bond acceptors (Lipinski definition) is 2. The Kier molecular flexibility index (Phi) is 3.00. The van der Waals surface area contributed by atoms with Crippen molar-refractivity contribution in [2.75, 3.05) is 0 Å². The molecule has 0 saturated heterocycles. The van der Waals surface area contributed by atoms with Crippen LogP contribution in [0, 0.1) is 0 Å². The molecule has 0 aliphatic rings. The summed E-state index contributed by atoms with van der Waals surface area (Å²) in [5.74, 6) is 0. The van der Waals surface area contributed by atoms with E-state index in [-0.39, 0.29) is 0 Å². The van der Waals surface area contributed by atoms with Crippen molar-refractivity contribution in [2.24, 2.45) is 4.99 Å². The van der Waals surface area contributed by atoms with Crippen LogP contribution >= 0.6 is 31.9 Å². The van der Waals surface area contributed by atoms with E-state index in [0.29, 0.717) is 5.69 Å². The number of isocyanates is 1. The van der Waals surface area contributed by atoms with Gasteiger partial charge in [-0.3, -0.25) is 0 Å². The SMILES string of the molecule is O=C=Nc1cccc(Br)c1Br. The number of carbonyl (C=O) groups excluding carboxylic acids is 1. The fourth-order valence-electron chi connectivity index (χ4n) is 0.628. The molecule has 1 aromatic rings. The van der Waals surface area contributed by atoms with Gasteiger partial charge in [0.2, 0.25) is 6.08 Å². The molecule has 0 atom stereocenters. The van der Waals surface area contributed by atoms with Crippen LogP contribution in [0.15, 0.2) is 32.1 Å². The van der Waals surface area contributed by atoms with E-state index in [4.69, 9.17) is 0 Å². The van der Waals surface area contributed by atoms with Gasteiger partial charge in [0.15, 0.2) is 0 Å². The van der Waals surface area contributed by atoms with E-state index in [2.05, 4.69) is 36.9 Å². The Bertz CT molecular complexity index is 318. The van der Waals surface area contributed by atoms with Crippen molar-refractivity contribution in [1.29, 1.82) is 0 Å². The number of hydrogen-bond donors (Lipinski definition) is 0. The molecule has 1 rings (SSSR count). The fraction of sp³-hybridized carbons (Fsp3) is 0. The second kappa shape index (κ2) is 3.81. The van der Waals surface area contributed by atoms with Crippen molar-refractivity contribution in [3.8, 4) is 0 Å². The van der Waals surface area contributed by atoms with Gasteiger partial charge in [-0.25, -0.2) is 4.79 Å². The highest BCUT2D eigenvalue weighted by Crippen LogP contribution is 2.31. The number of rotatable bonds is 1. The second-order valence-electron chi connectivity index (χ2n) is 1.78. The summed E-state index contributed by atoms with van der Waals surface area (Å²) < 4.78 is 1.64. The van der Waals surface area contributed by atoms with E-state index in [1.807, 2.05) is 6.07 Å². The third-order valence-corrected chi connectivity index (χ3v) is 3.12. The summed E-state index contributed by atoms with van der Waals surface area (Å²) >= 11 is 6.54. The predicted octanol–water partition coefficient (Wildman–Crippen LogP) is 3.18. The third-order valence-electron chi connectivity index (χ3n) is 1.10. The van der Waals surface area contributed by atoms with Gasteiger partial charge in [-0.1, -0.05) is 6.07 Å². The van der Waals surface area contributed by atoms with Crippen molar-refractivity contribution >= 4 is 43.6 Å². The van der Waals surface area contributed by atoms with Gasteiger partial charge >= 0.3 is 0 Å². The summed E-state index contributed by atoms with van der Waals surface area (Å²) in [6.07, 6.45) is 1.48. The molecule has 1 aromatic carbocycles. The standard InChI is InChI=1S/C7H3Br2NO/c8-5-2-1-3-6(7(5)9)10-4-11/h1-3H. The predicted molar refractivity (Wildman–Crippen MR) is 49.6 cm³/mol. The minimum Gasteiger partial charge on any atom is -0.211 e. The molecule has 0 fully saturated rings. The van der Waals surface area contributed by atoms with Crippen molar-refractivity contribution in [1.82, 2.24) is 0 Å². The lowest BCUT2D eigenvalue weighted by molar-refractivity contribution is 0.565. The molecule has 0 unspecified atom stereocenters. The summed E-state index contributed by atoms with van der Waals surface area (Å²) in [5.41, 5.74) is 0.578. The highest BCUT2D eigenvalue weighted by molar-refractivity contribution is 9.13. The first kappa shape index (κ1) is 8.65. The highest BCUT2D eigenvalue weighted by atomic mass is 79.9. The van der Waals surface area contributed by atoms with E-state index in [9.17, 15) is 4.79 Å². The Morgan fingerprint density at radius 1 is 1.36 bits per heavy atom. The molecular weight excluding hydrogens is 274 g/mol. The van der Waals surface area contributed by atoms with Crippen LogP contribution in [0.3, 0.4) is 0 Å². The average Bonchev–Trinajstić information content (AvgIpc) is 1.99. The molecule has 0 aliphatic heterocycles. The smallest absolute Gasteiger partial charge is 0.211 e. The van der Waals surface area contributed by atoms with E-state index in [1.165, 1.54) is 6.08 Å². The average molecular weight is 277 g/mol. The van der Waals surface area contributed by atoms with Gasteiger partial charge in [0, 0.05) is 4.47 Å². The Morgan fingerprint density at radius 3 is 2.73 bits per heavy atom. The molecule has 0 aromatic heterocycles. The van der Waals surface area contributed by atoms with Crippen LogP contribution in [0.5, 0.6) is 0 Å². The molecule has 2 nitrogen and oxygen atoms in total. The molecule has 56 valence electrons. The van der Waals surface area contributed by atoms with Gasteiger partial charge < -0.3 is 0 Å². The van der Waals surface area contributed by atoms with Crippen LogP contribution < -0.4 is 0 Å². The lowest BCUT2D eigenvalue weighted by Crippen LogP contribution is -1.69. The molecular formula is C7H3Br2NO. The summed E-state index contributed by atoms with van der Waals surface area (Å²) in [4.78, 5) is 13.4. The molecule has 0 aliphatic carbocycles. The summed E-state index contributed by atoms with van der Waals surface area (Å²) in [7, 11) is 0. The van der Waals surface area contributed by atoms with E-state index in [0.717, 1.165) is 8.95 Å². The van der Waals surface area contributed by atoms with E-state index in [1.54, 1.807) is 12.1 Å². The van der Waals surface area contributed by atoms with Crippen molar-refractivity contribution in [3.63, 3.8) is 0 Å². The van der Waals surface area contributed by atoms with Crippen LogP contribution in [-0.2, 0) is 4.79 Å². The minimum atomic E-state index is 0.578. The van der Waals surface area contributed by atoms with Crippen molar-refractivity contribution < 1.29 is 4.79 Å². The molecule has 11 heavy (non-hydrogen) atoms. The summed E-state index contributed by atoms with van der Waals surface area (Å²) in [6, 6.07) is 5.37. The van der Waals surface area contributed by atoms with Gasteiger partial charge in [0.1, 0.15) is 0 Å². The number of benzene rings is 1. The van der Waals surface area contributed by atoms with Gasteiger partial charge in [-0.05, 0) is 44.0 Å². The van der Waals surface area contributed by atoms with Crippen LogP contribution in [-0.4, -0.2) is 6.08 Å². The quantitative estimate of drug-likeness (QED) is 0.572. The lowest BCUT2D eigenvalue weighted by Gasteiger charge is -1.96. The molecule has 0 N–H and O–H groups in total. The number of nitrogens with zero attached hydrogens (tertiary/aromatic N) is 1. The van der Waals surface area contributed by atoms with Crippen molar-refractivity contribution in [2.45, 2.75) is 0 Å². The minimum absolute atomic E-state index is 0.578.